The first-order valence-corrected chi connectivity index (χ1v) is 9.98. The molecule has 4 rings (SSSR count). The number of anilines is 1. The first kappa shape index (κ1) is 21.8. The molecule has 166 valence electrons. The largest absolute Gasteiger partial charge is 0.483 e. The molecular formula is C20H19F4N3O3S. The number of thiol groups is 1. The number of nitrogens with zero attached hydrogens (tertiary/aromatic N) is 1. The van der Waals surface area contributed by atoms with Crippen molar-refractivity contribution in [2.45, 2.75) is 23.5 Å². The Balaban J connectivity index is 1.46. The third-order valence-electron chi connectivity index (χ3n) is 5.20. The molecule has 1 aromatic carbocycles. The van der Waals surface area contributed by atoms with Gasteiger partial charge in [0.15, 0.2) is 6.61 Å². The van der Waals surface area contributed by atoms with Crippen LogP contribution in [0.5, 0.6) is 5.75 Å². The number of hydrogen-bond donors (Lipinski definition) is 3. The predicted octanol–water partition coefficient (Wildman–Crippen LogP) is 3.51. The molecule has 2 N–H and O–H groups in total. The van der Waals surface area contributed by atoms with Crippen LogP contribution in [0.4, 0.5) is 23.2 Å². The summed E-state index contributed by atoms with van der Waals surface area (Å²) in [6, 6.07) is 6.73. The van der Waals surface area contributed by atoms with E-state index >= 15 is 0 Å². The van der Waals surface area contributed by atoms with Crippen molar-refractivity contribution in [3.8, 4) is 5.75 Å². The van der Waals surface area contributed by atoms with Gasteiger partial charge in [-0.3, -0.25) is 10.1 Å². The number of carbonyl (C=O) groups excluding carboxylic acids is 1. The normalized spacial score (nSPS) is 25.3. The van der Waals surface area contributed by atoms with Crippen LogP contribution in [-0.4, -0.2) is 42.3 Å². The first-order valence-electron chi connectivity index (χ1n) is 9.47. The number of halogens is 4. The van der Waals surface area contributed by atoms with Crippen molar-refractivity contribution in [2.75, 3.05) is 25.1 Å². The van der Waals surface area contributed by atoms with Crippen LogP contribution in [0, 0.1) is 11.7 Å². The monoisotopic (exact) mass is 457 g/mol. The van der Waals surface area contributed by atoms with E-state index in [0.717, 1.165) is 6.20 Å². The van der Waals surface area contributed by atoms with Crippen LogP contribution in [0.1, 0.15) is 22.5 Å². The molecule has 31 heavy (non-hydrogen) atoms. The summed E-state index contributed by atoms with van der Waals surface area (Å²) in [5, 5.41) is 5.70. The van der Waals surface area contributed by atoms with E-state index in [9.17, 15) is 22.4 Å². The van der Waals surface area contributed by atoms with Gasteiger partial charge in [-0.15, -0.1) is 0 Å². The molecule has 1 saturated carbocycles. The highest BCUT2D eigenvalue weighted by atomic mass is 32.1. The summed E-state index contributed by atoms with van der Waals surface area (Å²) in [4.78, 5) is 16.3. The predicted molar refractivity (Wildman–Crippen MR) is 107 cm³/mol. The topological polar surface area (TPSA) is 72.5 Å². The third-order valence-corrected chi connectivity index (χ3v) is 5.48. The van der Waals surface area contributed by atoms with Crippen LogP contribution in [0.3, 0.4) is 0 Å². The fourth-order valence-electron chi connectivity index (χ4n) is 3.68. The second kappa shape index (κ2) is 8.29. The molecule has 3 atom stereocenters. The lowest BCUT2D eigenvalue weighted by molar-refractivity contribution is -0.153. The Morgan fingerprint density at radius 1 is 1.32 bits per heavy atom. The minimum atomic E-state index is -4.47. The van der Waals surface area contributed by atoms with E-state index in [1.54, 1.807) is 6.07 Å². The zero-order valence-electron chi connectivity index (χ0n) is 16.1. The van der Waals surface area contributed by atoms with Gasteiger partial charge in [0, 0.05) is 17.2 Å². The van der Waals surface area contributed by atoms with Crippen molar-refractivity contribution in [2.24, 2.45) is 5.92 Å². The summed E-state index contributed by atoms with van der Waals surface area (Å²) in [5.41, 5.74) is 0.167. The molecule has 11 heteroatoms. The highest BCUT2D eigenvalue weighted by molar-refractivity contribution is 7.80. The number of benzene rings is 1. The number of pyridine rings is 1. The fraction of sp³-hybridized carbons (Fsp3) is 0.400. The van der Waals surface area contributed by atoms with Crippen LogP contribution >= 0.6 is 12.6 Å². The molecule has 2 aromatic rings. The Bertz CT molecular complexity index is 973. The molecule has 0 bridgehead atoms. The van der Waals surface area contributed by atoms with Gasteiger partial charge in [0.1, 0.15) is 17.3 Å². The lowest BCUT2D eigenvalue weighted by Gasteiger charge is -2.22. The maximum atomic E-state index is 14.6. The molecule has 0 spiro atoms. The maximum absolute atomic E-state index is 14.6. The molecule has 1 amide bonds. The number of alkyl halides is 3. The first-order chi connectivity index (χ1) is 14.7. The lowest BCUT2D eigenvalue weighted by atomic mass is 10.0. The number of nitrogens with one attached hydrogen (secondary N) is 2. The second-order valence-corrected chi connectivity index (χ2v) is 8.13. The van der Waals surface area contributed by atoms with Gasteiger partial charge in [-0.05, 0) is 36.8 Å². The minimum absolute atomic E-state index is 0.0240. The van der Waals surface area contributed by atoms with Crippen LogP contribution in [-0.2, 0) is 10.3 Å². The van der Waals surface area contributed by atoms with Crippen LogP contribution in [0.25, 0.3) is 0 Å². The van der Waals surface area contributed by atoms with E-state index in [0.29, 0.717) is 30.9 Å². The Kier molecular flexibility index (Phi) is 5.84. The van der Waals surface area contributed by atoms with Gasteiger partial charge in [0.2, 0.25) is 0 Å². The standard InChI is InChI=1S/C20H19F4N3O3S/c21-15-3-1-12(5-14(15)19-6-11(19)8-29-9-17(31)27-19)26-18(28)16-4-2-13(7-25-16)30-10-20(22,23)24/h1-5,7,11,17,27,31H,6,8-10H2,(H,26,28). The molecule has 1 aromatic heterocycles. The maximum Gasteiger partial charge on any atom is 0.422 e. The molecule has 1 aliphatic heterocycles. The third kappa shape index (κ3) is 4.94. The van der Waals surface area contributed by atoms with E-state index in [2.05, 4.69) is 33.0 Å². The number of rotatable bonds is 5. The van der Waals surface area contributed by atoms with Gasteiger partial charge in [-0.2, -0.15) is 25.8 Å². The van der Waals surface area contributed by atoms with E-state index in [1.807, 2.05) is 0 Å². The Labute approximate surface area is 180 Å². The van der Waals surface area contributed by atoms with Gasteiger partial charge in [0.05, 0.1) is 30.3 Å². The number of aromatic nitrogens is 1. The van der Waals surface area contributed by atoms with Gasteiger partial charge in [-0.1, -0.05) is 0 Å². The van der Waals surface area contributed by atoms with Gasteiger partial charge < -0.3 is 14.8 Å². The summed E-state index contributed by atoms with van der Waals surface area (Å²) in [6.07, 6.45) is -2.74. The number of hydrogen-bond acceptors (Lipinski definition) is 6. The molecule has 0 radical (unpaired) electrons. The zero-order chi connectivity index (χ0) is 22.2. The van der Waals surface area contributed by atoms with E-state index < -0.39 is 30.0 Å². The van der Waals surface area contributed by atoms with E-state index in [4.69, 9.17) is 4.74 Å². The van der Waals surface area contributed by atoms with Gasteiger partial charge in [-0.25, -0.2) is 9.37 Å². The van der Waals surface area contributed by atoms with Gasteiger partial charge >= 0.3 is 6.18 Å². The zero-order valence-corrected chi connectivity index (χ0v) is 17.0. The van der Waals surface area contributed by atoms with E-state index in [-0.39, 0.29) is 22.7 Å². The summed E-state index contributed by atoms with van der Waals surface area (Å²) in [7, 11) is 0. The molecule has 3 unspecified atom stereocenters. The van der Waals surface area contributed by atoms with Crippen molar-refractivity contribution < 1.29 is 31.8 Å². The number of fused-ring (bicyclic) bond motifs is 1. The fourth-order valence-corrected chi connectivity index (χ4v) is 4.02. The van der Waals surface area contributed by atoms with Crippen LogP contribution in [0.2, 0.25) is 0 Å². The Morgan fingerprint density at radius 2 is 2.13 bits per heavy atom. The molecule has 2 fully saturated rings. The summed E-state index contributed by atoms with van der Waals surface area (Å²) in [6.45, 7) is -0.548. The average molecular weight is 457 g/mol. The summed E-state index contributed by atoms with van der Waals surface area (Å²) in [5.74, 6) is -0.996. The van der Waals surface area contributed by atoms with Crippen molar-refractivity contribution in [3.63, 3.8) is 0 Å². The van der Waals surface area contributed by atoms with Gasteiger partial charge in [0.25, 0.3) is 5.91 Å². The highest BCUT2D eigenvalue weighted by Gasteiger charge is 2.58. The summed E-state index contributed by atoms with van der Waals surface area (Å²) >= 11 is 4.41. The SMILES string of the molecule is O=C(Nc1ccc(F)c(C23CC2COCC(S)N3)c1)c1ccc(OCC(F)(F)F)cn1. The average Bonchev–Trinajstić information content (AvgIpc) is 3.42. The Hall–Kier alpha value is -2.37. The molecule has 1 saturated heterocycles. The smallest absolute Gasteiger partial charge is 0.422 e. The van der Waals surface area contributed by atoms with Crippen LogP contribution < -0.4 is 15.4 Å². The minimum Gasteiger partial charge on any atom is -0.483 e. The van der Waals surface area contributed by atoms with Crippen molar-refractivity contribution in [1.82, 2.24) is 10.3 Å². The Morgan fingerprint density at radius 3 is 2.84 bits per heavy atom. The number of amides is 1. The molecule has 6 nitrogen and oxygen atoms in total. The molecule has 1 aliphatic carbocycles. The number of ether oxygens (including phenoxy) is 2. The molecule has 2 aliphatic rings. The molecule has 2 heterocycles. The van der Waals surface area contributed by atoms with E-state index in [1.165, 1.54) is 24.3 Å². The number of carbonyl (C=O) groups is 1. The summed E-state index contributed by atoms with van der Waals surface area (Å²) < 4.78 is 61.4. The van der Waals surface area contributed by atoms with Crippen molar-refractivity contribution >= 4 is 24.2 Å². The highest BCUT2D eigenvalue weighted by Crippen LogP contribution is 2.54. The lowest BCUT2D eigenvalue weighted by Crippen LogP contribution is -2.38. The van der Waals surface area contributed by atoms with Crippen molar-refractivity contribution in [1.29, 1.82) is 0 Å². The van der Waals surface area contributed by atoms with Crippen molar-refractivity contribution in [3.05, 3.63) is 53.6 Å². The molecular weight excluding hydrogens is 438 g/mol. The quantitative estimate of drug-likeness (QED) is 0.474. The van der Waals surface area contributed by atoms with Crippen LogP contribution in [0.15, 0.2) is 36.5 Å². The second-order valence-electron chi connectivity index (χ2n) is 7.50.